The molecule has 0 spiro atoms. The Kier molecular flexibility index (Phi) is 2.10. The van der Waals surface area contributed by atoms with E-state index in [2.05, 4.69) is 25.5 Å². The van der Waals surface area contributed by atoms with Crippen LogP contribution in [0.4, 0.5) is 11.8 Å². The van der Waals surface area contributed by atoms with Crippen molar-refractivity contribution in [2.24, 2.45) is 0 Å². The van der Waals surface area contributed by atoms with E-state index in [-0.39, 0.29) is 12.0 Å². The molecule has 1 unspecified atom stereocenters. The monoisotopic (exact) mass is 220 g/mol. The maximum absolute atomic E-state index is 5.62. The van der Waals surface area contributed by atoms with Crippen molar-refractivity contribution in [3.8, 4) is 0 Å². The molecule has 0 amide bonds. The minimum absolute atomic E-state index is 0.234. The molecule has 0 aromatic carbocycles. The highest BCUT2D eigenvalue weighted by Gasteiger charge is 2.17. The summed E-state index contributed by atoms with van der Waals surface area (Å²) in [6, 6.07) is 0.285. The molecule has 16 heavy (non-hydrogen) atoms. The number of nitrogens with two attached hydrogens (primary N) is 1. The third-order valence-electron chi connectivity index (χ3n) is 2.60. The first-order valence-electron chi connectivity index (χ1n) is 5.14. The Balaban J connectivity index is 1.97. The highest BCUT2D eigenvalue weighted by Crippen LogP contribution is 2.21. The molecule has 0 radical (unpaired) electrons. The molecular formula is C9H12N6O. The molecule has 0 bridgehead atoms. The quantitative estimate of drug-likeness (QED) is 0.665. The van der Waals surface area contributed by atoms with Crippen molar-refractivity contribution >= 4 is 22.8 Å². The van der Waals surface area contributed by atoms with Crippen molar-refractivity contribution in [2.45, 2.75) is 12.5 Å². The van der Waals surface area contributed by atoms with Gasteiger partial charge in [-0.2, -0.15) is 15.1 Å². The second kappa shape index (κ2) is 3.60. The summed E-state index contributed by atoms with van der Waals surface area (Å²) in [7, 11) is 0. The molecule has 84 valence electrons. The zero-order valence-corrected chi connectivity index (χ0v) is 8.60. The third kappa shape index (κ3) is 1.54. The molecule has 1 aliphatic rings. The fourth-order valence-corrected chi connectivity index (χ4v) is 1.80. The van der Waals surface area contributed by atoms with E-state index >= 15 is 0 Å². The van der Waals surface area contributed by atoms with Crippen LogP contribution in [0.1, 0.15) is 6.42 Å². The number of rotatable bonds is 2. The van der Waals surface area contributed by atoms with Gasteiger partial charge in [-0.25, -0.2) is 0 Å². The largest absolute Gasteiger partial charge is 0.379 e. The predicted octanol–water partition coefficient (Wildman–Crippen LogP) is 0.136. The molecule has 7 heteroatoms. The average molecular weight is 220 g/mol. The Hall–Kier alpha value is -1.89. The number of fused-ring (bicyclic) bond motifs is 1. The number of ether oxygens (including phenoxy) is 1. The van der Waals surface area contributed by atoms with Crippen LogP contribution in [0.25, 0.3) is 11.0 Å². The van der Waals surface area contributed by atoms with E-state index in [4.69, 9.17) is 10.5 Å². The highest BCUT2D eigenvalue weighted by atomic mass is 16.5. The Labute approximate surface area is 91.4 Å². The van der Waals surface area contributed by atoms with Crippen molar-refractivity contribution < 1.29 is 4.74 Å². The third-order valence-corrected chi connectivity index (χ3v) is 2.60. The zero-order valence-electron chi connectivity index (χ0n) is 8.60. The van der Waals surface area contributed by atoms with Gasteiger partial charge in [-0.1, -0.05) is 0 Å². The lowest BCUT2D eigenvalue weighted by Crippen LogP contribution is -2.20. The maximum atomic E-state index is 5.62. The van der Waals surface area contributed by atoms with E-state index in [1.807, 2.05) is 0 Å². The van der Waals surface area contributed by atoms with Gasteiger partial charge in [0.15, 0.2) is 5.65 Å². The van der Waals surface area contributed by atoms with Crippen molar-refractivity contribution in [3.05, 3.63) is 6.20 Å². The van der Waals surface area contributed by atoms with Gasteiger partial charge in [0.05, 0.1) is 24.2 Å². The van der Waals surface area contributed by atoms with Crippen molar-refractivity contribution in [1.82, 2.24) is 20.2 Å². The Morgan fingerprint density at radius 1 is 1.50 bits per heavy atom. The number of nitrogens with zero attached hydrogens (tertiary/aromatic N) is 3. The second-order valence-corrected chi connectivity index (χ2v) is 3.77. The standard InChI is InChI=1S/C9H12N6O/c10-9-13-7(12-5-1-2-16-4-5)6-3-11-15-8(6)14-9/h3,5H,1-2,4H2,(H4,10,11,12,13,14,15). The molecule has 1 fully saturated rings. The van der Waals surface area contributed by atoms with E-state index < -0.39 is 0 Å². The summed E-state index contributed by atoms with van der Waals surface area (Å²) in [5.74, 6) is 0.949. The van der Waals surface area contributed by atoms with Crippen LogP contribution in [0.15, 0.2) is 6.20 Å². The van der Waals surface area contributed by atoms with E-state index in [9.17, 15) is 0 Å². The van der Waals surface area contributed by atoms with Crippen LogP contribution in [0, 0.1) is 0 Å². The van der Waals surface area contributed by atoms with Crippen LogP contribution < -0.4 is 11.1 Å². The van der Waals surface area contributed by atoms with Crippen LogP contribution in [0.5, 0.6) is 0 Å². The number of nitrogens with one attached hydrogen (secondary N) is 2. The lowest BCUT2D eigenvalue weighted by molar-refractivity contribution is 0.195. The van der Waals surface area contributed by atoms with E-state index in [0.717, 1.165) is 18.4 Å². The van der Waals surface area contributed by atoms with Gasteiger partial charge in [0.1, 0.15) is 5.82 Å². The maximum Gasteiger partial charge on any atom is 0.224 e. The van der Waals surface area contributed by atoms with Crippen LogP contribution in [-0.2, 0) is 4.74 Å². The fraction of sp³-hybridized carbons (Fsp3) is 0.444. The summed E-state index contributed by atoms with van der Waals surface area (Å²) in [6.07, 6.45) is 2.66. The minimum atomic E-state index is 0.234. The van der Waals surface area contributed by atoms with Gasteiger partial charge in [0, 0.05) is 6.61 Å². The molecule has 3 rings (SSSR count). The van der Waals surface area contributed by atoms with E-state index in [0.29, 0.717) is 18.1 Å². The van der Waals surface area contributed by atoms with Gasteiger partial charge < -0.3 is 15.8 Å². The molecule has 7 nitrogen and oxygen atoms in total. The van der Waals surface area contributed by atoms with Crippen molar-refractivity contribution in [2.75, 3.05) is 24.3 Å². The van der Waals surface area contributed by atoms with Gasteiger partial charge in [0.2, 0.25) is 5.95 Å². The normalized spacial score (nSPS) is 20.4. The fourth-order valence-electron chi connectivity index (χ4n) is 1.80. The SMILES string of the molecule is Nc1nc(NC2CCOC2)c2cn[nH]c2n1. The highest BCUT2D eigenvalue weighted by molar-refractivity contribution is 5.86. The first-order valence-corrected chi connectivity index (χ1v) is 5.14. The number of aromatic amines is 1. The number of aromatic nitrogens is 4. The van der Waals surface area contributed by atoms with Gasteiger partial charge in [-0.05, 0) is 6.42 Å². The molecule has 2 aromatic heterocycles. The van der Waals surface area contributed by atoms with Crippen LogP contribution >= 0.6 is 0 Å². The van der Waals surface area contributed by atoms with E-state index in [1.54, 1.807) is 6.20 Å². The van der Waals surface area contributed by atoms with Gasteiger partial charge >= 0.3 is 0 Å². The summed E-state index contributed by atoms with van der Waals surface area (Å²) in [4.78, 5) is 8.23. The second-order valence-electron chi connectivity index (χ2n) is 3.77. The van der Waals surface area contributed by atoms with E-state index in [1.165, 1.54) is 0 Å². The Morgan fingerprint density at radius 3 is 3.25 bits per heavy atom. The minimum Gasteiger partial charge on any atom is -0.379 e. The molecular weight excluding hydrogens is 208 g/mol. The predicted molar refractivity (Wildman–Crippen MR) is 58.9 cm³/mol. The van der Waals surface area contributed by atoms with Gasteiger partial charge in [-0.15, -0.1) is 0 Å². The first-order chi connectivity index (χ1) is 7.83. The topological polar surface area (TPSA) is 102 Å². The molecule has 2 aromatic rings. The summed E-state index contributed by atoms with van der Waals surface area (Å²) in [5.41, 5.74) is 6.26. The zero-order chi connectivity index (χ0) is 11.0. The average Bonchev–Trinajstić information content (AvgIpc) is 2.87. The summed E-state index contributed by atoms with van der Waals surface area (Å²) < 4.78 is 5.29. The van der Waals surface area contributed by atoms with Crippen LogP contribution in [0.3, 0.4) is 0 Å². The number of H-pyrrole nitrogens is 1. The number of nitrogen functional groups attached to an aromatic ring is 1. The number of hydrogen-bond acceptors (Lipinski definition) is 6. The number of anilines is 2. The summed E-state index contributed by atoms with van der Waals surface area (Å²) in [6.45, 7) is 1.48. The molecule has 1 atom stereocenters. The lowest BCUT2D eigenvalue weighted by atomic mass is 10.2. The molecule has 0 aliphatic carbocycles. The number of hydrogen-bond donors (Lipinski definition) is 3. The first kappa shape index (κ1) is 9.34. The van der Waals surface area contributed by atoms with Gasteiger partial charge in [0.25, 0.3) is 0 Å². The Bertz CT molecular complexity index is 504. The van der Waals surface area contributed by atoms with Gasteiger partial charge in [-0.3, -0.25) is 5.10 Å². The summed E-state index contributed by atoms with van der Waals surface area (Å²) in [5, 5.41) is 10.8. The van der Waals surface area contributed by atoms with Crippen LogP contribution in [-0.4, -0.2) is 39.4 Å². The molecule has 0 saturated carbocycles. The van der Waals surface area contributed by atoms with Crippen molar-refractivity contribution in [1.29, 1.82) is 0 Å². The molecule has 4 N–H and O–H groups in total. The van der Waals surface area contributed by atoms with Crippen LogP contribution in [0.2, 0.25) is 0 Å². The molecule has 1 aliphatic heterocycles. The summed E-state index contributed by atoms with van der Waals surface area (Å²) >= 11 is 0. The van der Waals surface area contributed by atoms with Crippen molar-refractivity contribution in [3.63, 3.8) is 0 Å². The molecule has 3 heterocycles. The smallest absolute Gasteiger partial charge is 0.224 e. The molecule has 1 saturated heterocycles. The lowest BCUT2D eigenvalue weighted by Gasteiger charge is -2.11. The Morgan fingerprint density at radius 2 is 2.44 bits per heavy atom.